The predicted octanol–water partition coefficient (Wildman–Crippen LogP) is 3.66. The highest BCUT2D eigenvalue weighted by Crippen LogP contribution is 2.12. The first-order valence-electron chi connectivity index (χ1n) is 7.27. The Kier molecular flexibility index (Phi) is 5.52. The average molecular weight is 263 g/mol. The van der Waals surface area contributed by atoms with Gasteiger partial charge in [-0.2, -0.15) is 0 Å². The smallest absolute Gasteiger partial charge is 0.164 e. The molecule has 0 spiro atoms. The highest BCUT2D eigenvalue weighted by molar-refractivity contribution is 5.96. The number of ketones is 1. The van der Waals surface area contributed by atoms with Gasteiger partial charge in [0.15, 0.2) is 5.78 Å². The van der Waals surface area contributed by atoms with Crippen molar-refractivity contribution in [3.63, 3.8) is 0 Å². The number of hydrogen-bond acceptors (Lipinski definition) is 2. The van der Waals surface area contributed by atoms with E-state index in [1.165, 1.54) is 44.2 Å². The Balaban J connectivity index is 1.82. The summed E-state index contributed by atoms with van der Waals surface area (Å²) in [5.74, 6) is -0.293. The molecular formula is C16H22FNO. The molecule has 1 aliphatic rings. The fourth-order valence-corrected chi connectivity index (χ4v) is 2.60. The zero-order valence-corrected chi connectivity index (χ0v) is 11.4. The second-order valence-electron chi connectivity index (χ2n) is 5.29. The predicted molar refractivity (Wildman–Crippen MR) is 74.9 cm³/mol. The van der Waals surface area contributed by atoms with Gasteiger partial charge in [-0.25, -0.2) is 4.39 Å². The van der Waals surface area contributed by atoms with Gasteiger partial charge in [-0.05, 0) is 38.1 Å². The van der Waals surface area contributed by atoms with Crippen molar-refractivity contribution in [2.24, 2.45) is 0 Å². The first kappa shape index (κ1) is 14.2. The lowest BCUT2D eigenvalue weighted by atomic mass is 10.1. The summed E-state index contributed by atoms with van der Waals surface area (Å²) in [7, 11) is 0. The zero-order chi connectivity index (χ0) is 13.5. The standard InChI is InChI=1S/C16H22FNO/c17-15-8-6-7-14(13-15)16(19)9-12-18-10-4-2-1-3-5-11-18/h6-8,13H,1-5,9-12H2. The molecule has 2 nitrogen and oxygen atoms in total. The summed E-state index contributed by atoms with van der Waals surface area (Å²) in [6, 6.07) is 5.99. The number of carbonyl (C=O) groups excluding carboxylic acids is 1. The number of likely N-dealkylation sites (tertiary alicyclic amines) is 1. The molecule has 1 aromatic rings. The molecule has 104 valence electrons. The second kappa shape index (κ2) is 7.39. The zero-order valence-electron chi connectivity index (χ0n) is 11.4. The van der Waals surface area contributed by atoms with Gasteiger partial charge in [0, 0.05) is 18.5 Å². The minimum atomic E-state index is -0.336. The van der Waals surface area contributed by atoms with Crippen molar-refractivity contribution < 1.29 is 9.18 Å². The van der Waals surface area contributed by atoms with Crippen LogP contribution in [0.1, 0.15) is 48.9 Å². The minimum absolute atomic E-state index is 0.0431. The Bertz CT molecular complexity index is 411. The normalized spacial score (nSPS) is 17.7. The van der Waals surface area contributed by atoms with Crippen LogP contribution in [0.15, 0.2) is 24.3 Å². The van der Waals surface area contributed by atoms with Crippen molar-refractivity contribution in [2.75, 3.05) is 19.6 Å². The molecule has 0 saturated carbocycles. The highest BCUT2D eigenvalue weighted by Gasteiger charge is 2.11. The van der Waals surface area contributed by atoms with Crippen LogP contribution in [0.2, 0.25) is 0 Å². The number of Topliss-reactive ketones (excluding diaryl/α,β-unsaturated/α-hetero) is 1. The van der Waals surface area contributed by atoms with Crippen molar-refractivity contribution in [1.82, 2.24) is 4.90 Å². The molecule has 19 heavy (non-hydrogen) atoms. The molecule has 1 aromatic carbocycles. The van der Waals surface area contributed by atoms with Crippen molar-refractivity contribution in [2.45, 2.75) is 38.5 Å². The molecule has 0 unspecified atom stereocenters. The monoisotopic (exact) mass is 263 g/mol. The SMILES string of the molecule is O=C(CCN1CCCCCCC1)c1cccc(F)c1. The van der Waals surface area contributed by atoms with Crippen molar-refractivity contribution in [3.05, 3.63) is 35.6 Å². The van der Waals surface area contributed by atoms with Gasteiger partial charge in [0.1, 0.15) is 5.82 Å². The Morgan fingerprint density at radius 1 is 1.11 bits per heavy atom. The van der Waals surface area contributed by atoms with Crippen LogP contribution in [-0.4, -0.2) is 30.3 Å². The fraction of sp³-hybridized carbons (Fsp3) is 0.562. The van der Waals surface area contributed by atoms with Gasteiger partial charge in [-0.15, -0.1) is 0 Å². The fourth-order valence-electron chi connectivity index (χ4n) is 2.60. The summed E-state index contributed by atoms with van der Waals surface area (Å²) >= 11 is 0. The summed E-state index contributed by atoms with van der Waals surface area (Å²) < 4.78 is 13.1. The molecule has 3 heteroatoms. The van der Waals surface area contributed by atoms with Gasteiger partial charge in [0.2, 0.25) is 0 Å². The molecule has 0 amide bonds. The maximum absolute atomic E-state index is 13.1. The maximum atomic E-state index is 13.1. The third-order valence-electron chi connectivity index (χ3n) is 3.75. The van der Waals surface area contributed by atoms with E-state index in [4.69, 9.17) is 0 Å². The highest BCUT2D eigenvalue weighted by atomic mass is 19.1. The van der Waals surface area contributed by atoms with Gasteiger partial charge in [-0.3, -0.25) is 4.79 Å². The maximum Gasteiger partial charge on any atom is 0.164 e. The number of benzene rings is 1. The van der Waals surface area contributed by atoms with E-state index in [0.29, 0.717) is 12.0 Å². The second-order valence-corrected chi connectivity index (χ2v) is 5.29. The molecule has 0 radical (unpaired) electrons. The van der Waals surface area contributed by atoms with Crippen LogP contribution in [0.25, 0.3) is 0 Å². The molecule has 1 saturated heterocycles. The van der Waals surface area contributed by atoms with Crippen molar-refractivity contribution in [3.8, 4) is 0 Å². The van der Waals surface area contributed by atoms with Gasteiger partial charge in [0.05, 0.1) is 0 Å². The number of carbonyl (C=O) groups is 1. The minimum Gasteiger partial charge on any atom is -0.303 e. The Morgan fingerprint density at radius 2 is 1.79 bits per heavy atom. The van der Waals surface area contributed by atoms with E-state index in [-0.39, 0.29) is 11.6 Å². The van der Waals surface area contributed by atoms with E-state index >= 15 is 0 Å². The third-order valence-corrected chi connectivity index (χ3v) is 3.75. The van der Waals surface area contributed by atoms with Crippen LogP contribution in [-0.2, 0) is 0 Å². The van der Waals surface area contributed by atoms with Crippen LogP contribution >= 0.6 is 0 Å². The number of halogens is 1. The third kappa shape index (κ3) is 4.75. The molecule has 1 heterocycles. The number of rotatable bonds is 4. The molecule has 1 fully saturated rings. The summed E-state index contributed by atoms with van der Waals surface area (Å²) in [5.41, 5.74) is 0.493. The first-order chi connectivity index (χ1) is 9.25. The van der Waals surface area contributed by atoms with Gasteiger partial charge in [-0.1, -0.05) is 31.4 Å². The summed E-state index contributed by atoms with van der Waals surface area (Å²) in [4.78, 5) is 14.4. The topological polar surface area (TPSA) is 20.3 Å². The first-order valence-corrected chi connectivity index (χ1v) is 7.27. The van der Waals surface area contributed by atoms with Crippen LogP contribution in [0.5, 0.6) is 0 Å². The lowest BCUT2D eigenvalue weighted by Gasteiger charge is -2.24. The van der Waals surface area contributed by atoms with Crippen LogP contribution in [0.3, 0.4) is 0 Å². The molecule has 0 atom stereocenters. The molecular weight excluding hydrogens is 241 g/mol. The molecule has 0 bridgehead atoms. The summed E-state index contributed by atoms with van der Waals surface area (Å²) in [5, 5.41) is 0. The summed E-state index contributed by atoms with van der Waals surface area (Å²) in [6.07, 6.45) is 6.89. The van der Waals surface area contributed by atoms with Crippen molar-refractivity contribution >= 4 is 5.78 Å². The lowest BCUT2D eigenvalue weighted by Crippen LogP contribution is -2.29. The average Bonchev–Trinajstić information content (AvgIpc) is 2.37. The Morgan fingerprint density at radius 3 is 2.47 bits per heavy atom. The van der Waals surface area contributed by atoms with Crippen molar-refractivity contribution in [1.29, 1.82) is 0 Å². The van der Waals surface area contributed by atoms with E-state index in [9.17, 15) is 9.18 Å². The Labute approximate surface area is 114 Å². The quantitative estimate of drug-likeness (QED) is 0.773. The van der Waals surface area contributed by atoms with Crippen LogP contribution < -0.4 is 0 Å². The molecule has 1 aliphatic heterocycles. The van der Waals surface area contributed by atoms with E-state index in [0.717, 1.165) is 19.6 Å². The van der Waals surface area contributed by atoms with E-state index in [2.05, 4.69) is 4.90 Å². The molecule has 2 rings (SSSR count). The lowest BCUT2D eigenvalue weighted by molar-refractivity contribution is 0.0961. The molecule has 0 aliphatic carbocycles. The largest absolute Gasteiger partial charge is 0.303 e. The number of nitrogens with zero attached hydrogens (tertiary/aromatic N) is 1. The van der Waals surface area contributed by atoms with E-state index in [1.54, 1.807) is 12.1 Å². The van der Waals surface area contributed by atoms with Gasteiger partial charge in [0.25, 0.3) is 0 Å². The van der Waals surface area contributed by atoms with Crippen LogP contribution in [0, 0.1) is 5.82 Å². The molecule has 0 aromatic heterocycles. The van der Waals surface area contributed by atoms with E-state index in [1.807, 2.05) is 0 Å². The molecule has 0 N–H and O–H groups in total. The van der Waals surface area contributed by atoms with Gasteiger partial charge >= 0.3 is 0 Å². The Hall–Kier alpha value is -1.22. The summed E-state index contributed by atoms with van der Waals surface area (Å²) in [6.45, 7) is 2.99. The number of hydrogen-bond donors (Lipinski definition) is 0. The van der Waals surface area contributed by atoms with E-state index < -0.39 is 0 Å². The van der Waals surface area contributed by atoms with Gasteiger partial charge < -0.3 is 4.90 Å². The van der Waals surface area contributed by atoms with Crippen LogP contribution in [0.4, 0.5) is 4.39 Å².